The molecule has 0 radical (unpaired) electrons. The Kier molecular flexibility index (Phi) is 4.36. The molecule has 2 heterocycles. The molecule has 0 atom stereocenters. The third-order valence-electron chi connectivity index (χ3n) is 3.09. The highest BCUT2D eigenvalue weighted by Gasteiger charge is 2.24. The molecule has 0 saturated carbocycles. The minimum absolute atomic E-state index is 0.139. The minimum Gasteiger partial charge on any atom is -0.464 e. The first kappa shape index (κ1) is 16.2. The number of aromatic amines is 1. The lowest BCUT2D eigenvalue weighted by atomic mass is 10.3. The van der Waals surface area contributed by atoms with Gasteiger partial charge in [0.25, 0.3) is 10.0 Å². The topological polar surface area (TPSA) is 110 Å². The van der Waals surface area contributed by atoms with Crippen LogP contribution in [0.2, 0.25) is 0 Å². The number of anilines is 1. The predicted molar refractivity (Wildman–Crippen MR) is 81.5 cm³/mol. The van der Waals surface area contributed by atoms with E-state index < -0.39 is 10.0 Å². The highest BCUT2D eigenvalue weighted by Crippen LogP contribution is 2.25. The van der Waals surface area contributed by atoms with Crippen LogP contribution in [0.5, 0.6) is 6.01 Å². The van der Waals surface area contributed by atoms with Crippen molar-refractivity contribution in [2.45, 2.75) is 39.5 Å². The van der Waals surface area contributed by atoms with Crippen LogP contribution in [-0.4, -0.2) is 35.2 Å². The first-order valence-electron chi connectivity index (χ1n) is 6.78. The second-order valence-electron chi connectivity index (χ2n) is 4.85. The number of hydrogen-bond acceptors (Lipinski definition) is 6. The summed E-state index contributed by atoms with van der Waals surface area (Å²) in [7, 11) is -3.77. The molecular formula is C13H19N5O3S. The van der Waals surface area contributed by atoms with Crippen LogP contribution in [-0.2, 0) is 10.0 Å². The fraction of sp³-hybridized carbons (Fsp3) is 0.462. The Morgan fingerprint density at radius 2 is 1.68 bits per heavy atom. The van der Waals surface area contributed by atoms with Crippen molar-refractivity contribution in [2.24, 2.45) is 0 Å². The molecule has 0 aromatic carbocycles. The minimum atomic E-state index is -3.77. The SMILES string of the molecule is CCOc1nc(C)c(NS(=O)(=O)c2c(C)n[nH]c2C)c(C)n1. The number of aryl methyl sites for hydroxylation is 4. The van der Waals surface area contributed by atoms with Gasteiger partial charge in [0.2, 0.25) is 0 Å². The fourth-order valence-electron chi connectivity index (χ4n) is 2.15. The Balaban J connectivity index is 2.43. The lowest BCUT2D eigenvalue weighted by Crippen LogP contribution is -2.17. The van der Waals surface area contributed by atoms with Gasteiger partial charge in [0.05, 0.1) is 35.1 Å². The quantitative estimate of drug-likeness (QED) is 0.864. The molecule has 2 aromatic heterocycles. The number of nitrogens with zero attached hydrogens (tertiary/aromatic N) is 3. The van der Waals surface area contributed by atoms with Gasteiger partial charge in [0, 0.05) is 0 Å². The Labute approximate surface area is 129 Å². The van der Waals surface area contributed by atoms with E-state index >= 15 is 0 Å². The van der Waals surface area contributed by atoms with Crippen molar-refractivity contribution >= 4 is 15.7 Å². The van der Waals surface area contributed by atoms with Gasteiger partial charge >= 0.3 is 6.01 Å². The monoisotopic (exact) mass is 325 g/mol. The van der Waals surface area contributed by atoms with Crippen molar-refractivity contribution in [3.8, 4) is 6.01 Å². The van der Waals surface area contributed by atoms with E-state index in [0.29, 0.717) is 35.1 Å². The Hall–Kier alpha value is -2.16. The van der Waals surface area contributed by atoms with Crippen molar-refractivity contribution in [3.63, 3.8) is 0 Å². The second-order valence-corrected chi connectivity index (χ2v) is 6.47. The van der Waals surface area contributed by atoms with E-state index in [0.717, 1.165) is 0 Å². The maximum absolute atomic E-state index is 12.6. The summed E-state index contributed by atoms with van der Waals surface area (Å²) in [6.07, 6.45) is 0. The molecule has 22 heavy (non-hydrogen) atoms. The molecular weight excluding hydrogens is 306 g/mol. The van der Waals surface area contributed by atoms with Crippen LogP contribution in [0, 0.1) is 27.7 Å². The van der Waals surface area contributed by atoms with Crippen molar-refractivity contribution in [1.29, 1.82) is 0 Å². The van der Waals surface area contributed by atoms with E-state index in [1.165, 1.54) is 0 Å². The van der Waals surface area contributed by atoms with Gasteiger partial charge in [-0.25, -0.2) is 8.42 Å². The molecule has 8 nitrogen and oxygen atoms in total. The molecule has 0 aliphatic heterocycles. The standard InChI is InChI=1S/C13H19N5O3S/c1-6-21-13-14-7(2)11(8(3)15-13)18-22(19,20)12-9(4)16-17-10(12)5/h18H,6H2,1-5H3,(H,16,17). The maximum atomic E-state index is 12.6. The van der Waals surface area contributed by atoms with Crippen LogP contribution in [0.3, 0.4) is 0 Å². The van der Waals surface area contributed by atoms with Gasteiger partial charge in [-0.2, -0.15) is 15.1 Å². The third kappa shape index (κ3) is 3.03. The Morgan fingerprint density at radius 1 is 1.09 bits per heavy atom. The normalized spacial score (nSPS) is 11.5. The van der Waals surface area contributed by atoms with Gasteiger partial charge in [-0.05, 0) is 34.6 Å². The van der Waals surface area contributed by atoms with E-state index in [-0.39, 0.29) is 10.9 Å². The number of aromatic nitrogens is 4. The predicted octanol–water partition coefficient (Wildman–Crippen LogP) is 1.63. The van der Waals surface area contributed by atoms with Gasteiger partial charge in [0.15, 0.2) is 0 Å². The molecule has 0 bridgehead atoms. The summed E-state index contributed by atoms with van der Waals surface area (Å²) in [6, 6.07) is 0.233. The third-order valence-corrected chi connectivity index (χ3v) is 4.70. The summed E-state index contributed by atoms with van der Waals surface area (Å²) in [5, 5.41) is 6.58. The summed E-state index contributed by atoms with van der Waals surface area (Å²) in [5.74, 6) is 0. The van der Waals surface area contributed by atoms with E-state index in [9.17, 15) is 8.42 Å². The summed E-state index contributed by atoms with van der Waals surface area (Å²) in [4.78, 5) is 8.44. The summed E-state index contributed by atoms with van der Waals surface area (Å²) >= 11 is 0. The summed E-state index contributed by atoms with van der Waals surface area (Å²) in [5.41, 5.74) is 2.24. The molecule has 0 aliphatic rings. The van der Waals surface area contributed by atoms with E-state index in [1.54, 1.807) is 27.7 Å². The molecule has 0 fully saturated rings. The zero-order chi connectivity index (χ0) is 16.5. The first-order valence-corrected chi connectivity index (χ1v) is 8.27. The lowest BCUT2D eigenvalue weighted by Gasteiger charge is -2.13. The van der Waals surface area contributed by atoms with Crippen molar-refractivity contribution in [1.82, 2.24) is 20.2 Å². The number of rotatable bonds is 5. The molecule has 2 rings (SSSR count). The summed E-state index contributed by atoms with van der Waals surface area (Å²) in [6.45, 7) is 8.95. The largest absolute Gasteiger partial charge is 0.464 e. The average Bonchev–Trinajstić information content (AvgIpc) is 2.74. The van der Waals surface area contributed by atoms with Crippen LogP contribution in [0.1, 0.15) is 29.7 Å². The number of H-pyrrole nitrogens is 1. The molecule has 2 N–H and O–H groups in total. The van der Waals surface area contributed by atoms with E-state index in [4.69, 9.17) is 4.74 Å². The number of ether oxygens (including phenoxy) is 1. The lowest BCUT2D eigenvalue weighted by molar-refractivity contribution is 0.311. The summed E-state index contributed by atoms with van der Waals surface area (Å²) < 4.78 is 32.9. The fourth-order valence-corrected chi connectivity index (χ4v) is 3.70. The smallest absolute Gasteiger partial charge is 0.316 e. The second kappa shape index (κ2) is 5.91. The zero-order valence-electron chi connectivity index (χ0n) is 13.2. The van der Waals surface area contributed by atoms with E-state index in [2.05, 4.69) is 24.9 Å². The highest BCUT2D eigenvalue weighted by atomic mass is 32.2. The van der Waals surface area contributed by atoms with E-state index in [1.807, 2.05) is 6.92 Å². The number of nitrogens with one attached hydrogen (secondary N) is 2. The Bertz CT molecular complexity index is 755. The van der Waals surface area contributed by atoms with Crippen molar-refractivity contribution < 1.29 is 13.2 Å². The number of hydrogen-bond donors (Lipinski definition) is 2. The molecule has 0 aliphatic carbocycles. The van der Waals surface area contributed by atoms with Crippen LogP contribution >= 0.6 is 0 Å². The van der Waals surface area contributed by atoms with Gasteiger partial charge in [-0.1, -0.05) is 0 Å². The number of sulfonamides is 1. The van der Waals surface area contributed by atoms with Gasteiger partial charge < -0.3 is 4.74 Å². The molecule has 120 valence electrons. The molecule has 0 spiro atoms. The van der Waals surface area contributed by atoms with Crippen LogP contribution in [0.15, 0.2) is 4.90 Å². The average molecular weight is 325 g/mol. The Morgan fingerprint density at radius 3 is 2.14 bits per heavy atom. The molecule has 0 unspecified atom stereocenters. The zero-order valence-corrected chi connectivity index (χ0v) is 14.0. The first-order chi connectivity index (χ1) is 10.3. The van der Waals surface area contributed by atoms with Crippen LogP contribution in [0.4, 0.5) is 5.69 Å². The molecule has 0 amide bonds. The van der Waals surface area contributed by atoms with Gasteiger partial charge in [0.1, 0.15) is 4.90 Å². The van der Waals surface area contributed by atoms with Crippen molar-refractivity contribution in [3.05, 3.63) is 22.8 Å². The van der Waals surface area contributed by atoms with Gasteiger partial charge in [-0.3, -0.25) is 9.82 Å². The molecule has 0 saturated heterocycles. The van der Waals surface area contributed by atoms with Crippen LogP contribution in [0.25, 0.3) is 0 Å². The molecule has 2 aromatic rings. The van der Waals surface area contributed by atoms with Crippen molar-refractivity contribution in [2.75, 3.05) is 11.3 Å². The maximum Gasteiger partial charge on any atom is 0.316 e. The molecule has 9 heteroatoms. The highest BCUT2D eigenvalue weighted by molar-refractivity contribution is 7.92. The van der Waals surface area contributed by atoms with Crippen LogP contribution < -0.4 is 9.46 Å². The van der Waals surface area contributed by atoms with Gasteiger partial charge in [-0.15, -0.1) is 0 Å².